The molecule has 0 spiro atoms. The third kappa shape index (κ3) is 3.10. The molecule has 0 aliphatic carbocycles. The van der Waals surface area contributed by atoms with Gasteiger partial charge in [0.2, 0.25) is 11.8 Å². The Kier molecular flexibility index (Phi) is 4.13. The lowest BCUT2D eigenvalue weighted by atomic mass is 9.88. The van der Waals surface area contributed by atoms with Crippen LogP contribution in [-0.2, 0) is 9.59 Å². The molecule has 1 aliphatic rings. The van der Waals surface area contributed by atoms with E-state index in [0.29, 0.717) is 11.1 Å². The van der Waals surface area contributed by atoms with Gasteiger partial charge in [-0.3, -0.25) is 9.59 Å². The first-order chi connectivity index (χ1) is 11.0. The van der Waals surface area contributed by atoms with Gasteiger partial charge in [0.15, 0.2) is 0 Å². The number of piperidine rings is 1. The summed E-state index contributed by atoms with van der Waals surface area (Å²) in [6, 6.07) is 9.69. The number of rotatable bonds is 2. The van der Waals surface area contributed by atoms with Crippen LogP contribution in [0.4, 0.5) is 14.5 Å². The molecule has 0 aromatic heterocycles. The first-order valence-corrected chi connectivity index (χ1v) is 7.40. The highest BCUT2D eigenvalue weighted by Crippen LogP contribution is 2.33. The summed E-state index contributed by atoms with van der Waals surface area (Å²) in [5.41, 5.74) is 0.617. The van der Waals surface area contributed by atoms with Crippen LogP contribution in [0.2, 0.25) is 5.02 Å². The quantitative estimate of drug-likeness (QED) is 0.776. The molecular weight excluding hydrogens is 324 g/mol. The third-order valence-electron chi connectivity index (χ3n) is 3.83. The molecule has 2 aromatic carbocycles. The molecular formula is C17H12ClF2NO2. The predicted octanol–water partition coefficient (Wildman–Crippen LogP) is 4.06. The van der Waals surface area contributed by atoms with Crippen LogP contribution in [0.5, 0.6) is 0 Å². The standard InChI is InChI=1S/C17H12ClF2NO2/c18-12-3-1-10(2-4-12)11-7-16(22)21(17(23)8-11)15-6-5-13(19)9-14(15)20/h1-6,9,11H,7-8H2. The van der Waals surface area contributed by atoms with Crippen molar-refractivity contribution in [1.29, 1.82) is 0 Å². The molecule has 0 N–H and O–H groups in total. The minimum atomic E-state index is -0.934. The van der Waals surface area contributed by atoms with E-state index in [4.69, 9.17) is 11.6 Å². The van der Waals surface area contributed by atoms with Crippen molar-refractivity contribution in [2.24, 2.45) is 0 Å². The number of carbonyl (C=O) groups excluding carboxylic acids is 2. The van der Waals surface area contributed by atoms with Crippen molar-refractivity contribution in [2.45, 2.75) is 18.8 Å². The maximum absolute atomic E-state index is 13.8. The number of anilines is 1. The van der Waals surface area contributed by atoms with E-state index in [9.17, 15) is 18.4 Å². The molecule has 3 rings (SSSR count). The Hall–Kier alpha value is -2.27. The van der Waals surface area contributed by atoms with Gasteiger partial charge in [-0.15, -0.1) is 0 Å². The average Bonchev–Trinajstić information content (AvgIpc) is 2.49. The summed E-state index contributed by atoms with van der Waals surface area (Å²) in [6.45, 7) is 0. The topological polar surface area (TPSA) is 37.4 Å². The molecule has 0 saturated carbocycles. The Bertz CT molecular complexity index is 759. The van der Waals surface area contributed by atoms with E-state index >= 15 is 0 Å². The van der Waals surface area contributed by atoms with Gasteiger partial charge in [-0.1, -0.05) is 23.7 Å². The van der Waals surface area contributed by atoms with Crippen LogP contribution >= 0.6 is 11.6 Å². The van der Waals surface area contributed by atoms with E-state index in [1.807, 2.05) is 0 Å². The second kappa shape index (κ2) is 6.08. The first kappa shape index (κ1) is 15.6. The Labute approximate surface area is 136 Å². The fourth-order valence-corrected chi connectivity index (χ4v) is 2.84. The molecule has 1 heterocycles. The smallest absolute Gasteiger partial charge is 0.234 e. The average molecular weight is 336 g/mol. The number of hydrogen-bond donors (Lipinski definition) is 0. The lowest BCUT2D eigenvalue weighted by Gasteiger charge is -2.30. The molecule has 1 saturated heterocycles. The molecule has 1 aliphatic heterocycles. The molecule has 2 aromatic rings. The number of carbonyl (C=O) groups is 2. The van der Waals surface area contributed by atoms with E-state index in [0.717, 1.165) is 22.6 Å². The first-order valence-electron chi connectivity index (χ1n) is 7.02. The minimum Gasteiger partial charge on any atom is -0.274 e. The highest BCUT2D eigenvalue weighted by Gasteiger charge is 2.35. The Morgan fingerprint density at radius 1 is 0.957 bits per heavy atom. The maximum atomic E-state index is 13.8. The van der Waals surface area contributed by atoms with E-state index in [2.05, 4.69) is 0 Å². The van der Waals surface area contributed by atoms with E-state index < -0.39 is 23.4 Å². The van der Waals surface area contributed by atoms with Crippen molar-refractivity contribution in [3.05, 3.63) is 64.7 Å². The predicted molar refractivity (Wildman–Crippen MR) is 82.3 cm³/mol. The van der Waals surface area contributed by atoms with Gasteiger partial charge in [-0.25, -0.2) is 13.7 Å². The Morgan fingerprint density at radius 2 is 1.57 bits per heavy atom. The molecule has 0 unspecified atom stereocenters. The highest BCUT2D eigenvalue weighted by molar-refractivity contribution is 6.30. The zero-order chi connectivity index (χ0) is 16.6. The summed E-state index contributed by atoms with van der Waals surface area (Å²) in [6.07, 6.45) is 0.147. The molecule has 3 nitrogen and oxygen atoms in total. The van der Waals surface area contributed by atoms with Gasteiger partial charge in [0.05, 0.1) is 5.69 Å². The molecule has 0 radical (unpaired) electrons. The van der Waals surface area contributed by atoms with Crippen LogP contribution in [0.25, 0.3) is 0 Å². The maximum Gasteiger partial charge on any atom is 0.234 e. The van der Waals surface area contributed by atoms with E-state index in [1.165, 1.54) is 0 Å². The van der Waals surface area contributed by atoms with Crippen LogP contribution in [-0.4, -0.2) is 11.8 Å². The SMILES string of the molecule is O=C1CC(c2ccc(Cl)cc2)CC(=O)N1c1ccc(F)cc1F. The lowest BCUT2D eigenvalue weighted by Crippen LogP contribution is -2.43. The summed E-state index contributed by atoms with van der Waals surface area (Å²) in [5, 5.41) is 0.567. The van der Waals surface area contributed by atoms with Crippen molar-refractivity contribution >= 4 is 29.1 Å². The van der Waals surface area contributed by atoms with Crippen molar-refractivity contribution in [2.75, 3.05) is 4.90 Å². The fourth-order valence-electron chi connectivity index (χ4n) is 2.72. The summed E-state index contributed by atoms with van der Waals surface area (Å²) in [7, 11) is 0. The van der Waals surface area contributed by atoms with Crippen LogP contribution in [0.15, 0.2) is 42.5 Å². The number of hydrogen-bond acceptors (Lipinski definition) is 2. The molecule has 1 fully saturated rings. The summed E-state index contributed by atoms with van der Waals surface area (Å²) in [4.78, 5) is 25.4. The van der Waals surface area contributed by atoms with Gasteiger partial charge in [-0.05, 0) is 29.8 Å². The van der Waals surface area contributed by atoms with Gasteiger partial charge in [0, 0.05) is 29.8 Å². The van der Waals surface area contributed by atoms with Crippen molar-refractivity contribution < 1.29 is 18.4 Å². The zero-order valence-electron chi connectivity index (χ0n) is 11.9. The van der Waals surface area contributed by atoms with E-state index in [-0.39, 0.29) is 24.4 Å². The normalized spacial score (nSPS) is 16.0. The van der Waals surface area contributed by atoms with Gasteiger partial charge >= 0.3 is 0 Å². The van der Waals surface area contributed by atoms with Crippen molar-refractivity contribution in [1.82, 2.24) is 0 Å². The van der Waals surface area contributed by atoms with Gasteiger partial charge < -0.3 is 0 Å². The molecule has 23 heavy (non-hydrogen) atoms. The summed E-state index contributed by atoms with van der Waals surface area (Å²) >= 11 is 5.83. The van der Waals surface area contributed by atoms with E-state index in [1.54, 1.807) is 24.3 Å². The minimum absolute atomic E-state index is 0.0736. The number of halogens is 3. The van der Waals surface area contributed by atoms with Crippen molar-refractivity contribution in [3.8, 4) is 0 Å². The molecule has 0 bridgehead atoms. The highest BCUT2D eigenvalue weighted by atomic mass is 35.5. The third-order valence-corrected chi connectivity index (χ3v) is 4.08. The number of imide groups is 1. The largest absolute Gasteiger partial charge is 0.274 e. The van der Waals surface area contributed by atoms with Gasteiger partial charge in [0.1, 0.15) is 11.6 Å². The number of nitrogens with zero attached hydrogens (tertiary/aromatic N) is 1. The number of amides is 2. The van der Waals surface area contributed by atoms with Crippen LogP contribution in [0.1, 0.15) is 24.3 Å². The lowest BCUT2D eigenvalue weighted by molar-refractivity contribution is -0.129. The molecule has 0 atom stereocenters. The molecule has 118 valence electrons. The molecule has 2 amide bonds. The number of benzene rings is 2. The van der Waals surface area contributed by atoms with Crippen LogP contribution < -0.4 is 4.90 Å². The Balaban J connectivity index is 1.86. The Morgan fingerprint density at radius 3 is 2.13 bits per heavy atom. The van der Waals surface area contributed by atoms with Gasteiger partial charge in [0.25, 0.3) is 0 Å². The van der Waals surface area contributed by atoms with Crippen LogP contribution in [0, 0.1) is 11.6 Å². The zero-order valence-corrected chi connectivity index (χ0v) is 12.7. The fraction of sp³-hybridized carbons (Fsp3) is 0.176. The second-order valence-electron chi connectivity index (χ2n) is 5.38. The summed E-state index contributed by atoms with van der Waals surface area (Å²) < 4.78 is 26.8. The monoisotopic (exact) mass is 335 g/mol. The van der Waals surface area contributed by atoms with Crippen molar-refractivity contribution in [3.63, 3.8) is 0 Å². The van der Waals surface area contributed by atoms with Crippen LogP contribution in [0.3, 0.4) is 0 Å². The molecule has 6 heteroatoms. The second-order valence-corrected chi connectivity index (χ2v) is 5.81. The van der Waals surface area contributed by atoms with Gasteiger partial charge in [-0.2, -0.15) is 0 Å². The summed E-state index contributed by atoms with van der Waals surface area (Å²) in [5.74, 6) is -2.98.